The zero-order valence-electron chi connectivity index (χ0n) is 12.3. The molecule has 0 radical (unpaired) electrons. The Labute approximate surface area is 130 Å². The molecule has 1 rings (SSSR count). The van der Waals surface area contributed by atoms with Crippen LogP contribution in [-0.2, 0) is 9.84 Å². The van der Waals surface area contributed by atoms with E-state index in [-0.39, 0.29) is 6.04 Å². The van der Waals surface area contributed by atoms with Gasteiger partial charge in [0.1, 0.15) is 5.75 Å². The summed E-state index contributed by atoms with van der Waals surface area (Å²) in [6, 6.07) is 5.34. The first-order chi connectivity index (χ1) is 9.31. The van der Waals surface area contributed by atoms with E-state index in [4.69, 9.17) is 4.74 Å². The Kier molecular flexibility index (Phi) is 6.48. The smallest absolute Gasteiger partial charge is 0.151 e. The Morgan fingerprint density at radius 2 is 2.05 bits per heavy atom. The number of ether oxygens (including phenoxy) is 1. The van der Waals surface area contributed by atoms with E-state index in [2.05, 4.69) is 21.2 Å². The highest BCUT2D eigenvalue weighted by molar-refractivity contribution is 9.10. The Hall–Kier alpha value is -0.590. The molecule has 0 spiro atoms. The average Bonchev–Trinajstić information content (AvgIpc) is 2.38. The summed E-state index contributed by atoms with van der Waals surface area (Å²) in [5.74, 6) is 0.692. The van der Waals surface area contributed by atoms with Crippen LogP contribution in [0.25, 0.3) is 0 Å². The van der Waals surface area contributed by atoms with Gasteiger partial charge in [-0.3, -0.25) is 0 Å². The molecule has 1 N–H and O–H groups in total. The third-order valence-corrected chi connectivity index (χ3v) is 5.40. The van der Waals surface area contributed by atoms with Crippen molar-refractivity contribution >= 4 is 25.8 Å². The summed E-state index contributed by atoms with van der Waals surface area (Å²) in [6.45, 7) is 4.52. The number of nitrogens with one attached hydrogen (secondary N) is 1. The van der Waals surface area contributed by atoms with Gasteiger partial charge in [-0.05, 0) is 38.1 Å². The van der Waals surface area contributed by atoms with Crippen LogP contribution in [0, 0.1) is 0 Å². The van der Waals surface area contributed by atoms with Crippen LogP contribution in [0.15, 0.2) is 22.7 Å². The van der Waals surface area contributed by atoms with Crippen LogP contribution in [0.2, 0.25) is 0 Å². The minimum atomic E-state index is -3.15. The van der Waals surface area contributed by atoms with Crippen LogP contribution in [0.4, 0.5) is 0 Å². The number of rotatable bonds is 7. The van der Waals surface area contributed by atoms with Crippen LogP contribution in [0.1, 0.15) is 31.9 Å². The monoisotopic (exact) mass is 363 g/mol. The summed E-state index contributed by atoms with van der Waals surface area (Å²) in [7, 11) is -1.56. The number of halogens is 1. The minimum absolute atomic E-state index is 0.294. The molecule has 2 unspecified atom stereocenters. The molecular weight excluding hydrogens is 342 g/mol. The summed E-state index contributed by atoms with van der Waals surface area (Å²) in [5.41, 5.74) is 0.855. The lowest BCUT2D eigenvalue weighted by Crippen LogP contribution is -2.35. The molecular formula is C14H22BrNO3S. The van der Waals surface area contributed by atoms with Crippen molar-refractivity contribution in [2.45, 2.75) is 31.6 Å². The average molecular weight is 364 g/mol. The van der Waals surface area contributed by atoms with Crippen molar-refractivity contribution in [3.05, 3.63) is 28.2 Å². The van der Waals surface area contributed by atoms with Crippen molar-refractivity contribution in [1.82, 2.24) is 5.32 Å². The van der Waals surface area contributed by atoms with E-state index in [1.165, 1.54) is 6.26 Å². The maximum atomic E-state index is 11.9. The normalized spacial score (nSPS) is 14.8. The zero-order valence-corrected chi connectivity index (χ0v) is 14.7. The van der Waals surface area contributed by atoms with Crippen LogP contribution in [0.5, 0.6) is 5.75 Å². The molecule has 1 aromatic carbocycles. The van der Waals surface area contributed by atoms with Gasteiger partial charge in [0.2, 0.25) is 0 Å². The third-order valence-electron chi connectivity index (χ3n) is 3.29. The zero-order chi connectivity index (χ0) is 15.3. The molecule has 1 aromatic rings. The number of sulfone groups is 1. The first-order valence-electron chi connectivity index (χ1n) is 6.57. The van der Waals surface area contributed by atoms with Gasteiger partial charge in [0.05, 0.1) is 18.4 Å². The minimum Gasteiger partial charge on any atom is -0.496 e. The van der Waals surface area contributed by atoms with Gasteiger partial charge in [0.25, 0.3) is 0 Å². The summed E-state index contributed by atoms with van der Waals surface area (Å²) < 4.78 is 30.1. The third kappa shape index (κ3) is 4.46. The fourth-order valence-corrected chi connectivity index (χ4v) is 3.14. The van der Waals surface area contributed by atoms with Gasteiger partial charge in [-0.25, -0.2) is 8.42 Å². The molecule has 6 heteroatoms. The Morgan fingerprint density at radius 1 is 1.40 bits per heavy atom. The number of benzene rings is 1. The molecule has 0 heterocycles. The topological polar surface area (TPSA) is 55.4 Å². The van der Waals surface area contributed by atoms with E-state index in [1.54, 1.807) is 14.0 Å². The lowest BCUT2D eigenvalue weighted by Gasteiger charge is -2.26. The fourth-order valence-electron chi connectivity index (χ4n) is 2.02. The molecule has 20 heavy (non-hydrogen) atoms. The van der Waals surface area contributed by atoms with Crippen molar-refractivity contribution in [3.63, 3.8) is 0 Å². The van der Waals surface area contributed by atoms with Gasteiger partial charge in [0.15, 0.2) is 9.84 Å². The molecule has 114 valence electrons. The van der Waals surface area contributed by atoms with E-state index in [9.17, 15) is 8.42 Å². The number of hydrogen-bond donors (Lipinski definition) is 1. The maximum Gasteiger partial charge on any atom is 0.151 e. The van der Waals surface area contributed by atoms with Crippen LogP contribution < -0.4 is 10.1 Å². The lowest BCUT2D eigenvalue weighted by molar-refractivity contribution is 0.396. The molecule has 4 nitrogen and oxygen atoms in total. The molecule has 0 bridgehead atoms. The SMILES string of the molecule is CCCNC(c1cc(Br)ccc1OC)C(C)S(C)(=O)=O. The summed E-state index contributed by atoms with van der Waals surface area (Å²) in [6.07, 6.45) is 2.20. The van der Waals surface area contributed by atoms with Crippen molar-refractivity contribution < 1.29 is 13.2 Å². The first kappa shape index (κ1) is 17.5. The molecule has 0 aliphatic carbocycles. The Morgan fingerprint density at radius 3 is 2.55 bits per heavy atom. The molecule has 2 atom stereocenters. The molecule has 0 aliphatic heterocycles. The van der Waals surface area contributed by atoms with E-state index in [0.717, 1.165) is 23.0 Å². The highest BCUT2D eigenvalue weighted by Crippen LogP contribution is 2.32. The van der Waals surface area contributed by atoms with Crippen LogP contribution >= 0.6 is 15.9 Å². The summed E-state index contributed by atoms with van der Waals surface area (Å²) in [4.78, 5) is 0. The van der Waals surface area contributed by atoms with E-state index in [1.807, 2.05) is 25.1 Å². The quantitative estimate of drug-likeness (QED) is 0.808. The van der Waals surface area contributed by atoms with E-state index in [0.29, 0.717) is 5.75 Å². The molecule has 0 aliphatic rings. The Balaban J connectivity index is 3.26. The van der Waals surface area contributed by atoms with Crippen molar-refractivity contribution in [2.75, 3.05) is 19.9 Å². The van der Waals surface area contributed by atoms with Crippen molar-refractivity contribution in [3.8, 4) is 5.75 Å². The van der Waals surface area contributed by atoms with Crippen molar-refractivity contribution in [1.29, 1.82) is 0 Å². The van der Waals surface area contributed by atoms with Gasteiger partial charge in [-0.1, -0.05) is 22.9 Å². The van der Waals surface area contributed by atoms with Gasteiger partial charge in [0, 0.05) is 16.3 Å². The van der Waals surface area contributed by atoms with Gasteiger partial charge < -0.3 is 10.1 Å². The summed E-state index contributed by atoms with van der Waals surface area (Å²) in [5, 5.41) is 2.78. The van der Waals surface area contributed by atoms with Gasteiger partial charge in [-0.15, -0.1) is 0 Å². The van der Waals surface area contributed by atoms with Crippen LogP contribution in [0.3, 0.4) is 0 Å². The highest BCUT2D eigenvalue weighted by Gasteiger charge is 2.29. The second kappa shape index (κ2) is 7.43. The first-order valence-corrected chi connectivity index (χ1v) is 9.31. The summed E-state index contributed by atoms with van der Waals surface area (Å²) >= 11 is 3.43. The van der Waals surface area contributed by atoms with E-state index >= 15 is 0 Å². The second-order valence-corrected chi connectivity index (χ2v) is 8.17. The fraction of sp³-hybridized carbons (Fsp3) is 0.571. The largest absolute Gasteiger partial charge is 0.496 e. The predicted molar refractivity (Wildman–Crippen MR) is 86.0 cm³/mol. The standard InChI is InChI=1S/C14H22BrNO3S/c1-5-8-16-14(10(2)20(4,17)18)12-9-11(15)6-7-13(12)19-3/h6-7,9-10,14,16H,5,8H2,1-4H3. The van der Waals surface area contributed by atoms with Gasteiger partial charge >= 0.3 is 0 Å². The number of hydrogen-bond acceptors (Lipinski definition) is 4. The van der Waals surface area contributed by atoms with Crippen molar-refractivity contribution in [2.24, 2.45) is 0 Å². The Bertz CT molecular complexity index is 545. The molecule has 0 saturated carbocycles. The molecule has 0 amide bonds. The van der Waals surface area contributed by atoms with Gasteiger partial charge in [-0.2, -0.15) is 0 Å². The molecule has 0 saturated heterocycles. The number of methoxy groups -OCH3 is 1. The van der Waals surface area contributed by atoms with Crippen LogP contribution in [-0.4, -0.2) is 33.6 Å². The predicted octanol–water partition coefficient (Wildman–Crippen LogP) is 2.93. The van der Waals surface area contributed by atoms with E-state index < -0.39 is 15.1 Å². The highest BCUT2D eigenvalue weighted by atomic mass is 79.9. The lowest BCUT2D eigenvalue weighted by atomic mass is 10.0. The second-order valence-electron chi connectivity index (χ2n) is 4.85. The molecule has 0 fully saturated rings. The molecule has 0 aromatic heterocycles. The maximum absolute atomic E-state index is 11.9.